The second kappa shape index (κ2) is 7.09. The Morgan fingerprint density at radius 1 is 0.703 bits per heavy atom. The quantitative estimate of drug-likeness (QED) is 0.232. The fourth-order valence-corrected chi connectivity index (χ4v) is 8.01. The van der Waals surface area contributed by atoms with Gasteiger partial charge in [-0.05, 0) is 30.3 Å². The first kappa shape index (κ1) is 19.8. The van der Waals surface area contributed by atoms with E-state index in [2.05, 4.69) is 87.1 Å². The van der Waals surface area contributed by atoms with Crippen LogP contribution >= 0.6 is 22.7 Å². The second-order valence-electron chi connectivity index (χ2n) is 9.26. The molecule has 37 heavy (non-hydrogen) atoms. The van der Waals surface area contributed by atoms with Gasteiger partial charge >= 0.3 is 0 Å². The second-order valence-corrected chi connectivity index (χ2v) is 11.2. The lowest BCUT2D eigenvalue weighted by molar-refractivity contribution is 0.648. The summed E-state index contributed by atoms with van der Waals surface area (Å²) in [6.45, 7) is 0. The van der Waals surface area contributed by atoms with Crippen LogP contribution in [-0.4, -0.2) is 14.0 Å². The molecule has 0 bridgehead atoms. The number of nitrogens with zero attached hydrogens (tertiary/aromatic N) is 3. The molecule has 0 amide bonds. The predicted molar refractivity (Wildman–Crippen MR) is 156 cm³/mol. The van der Waals surface area contributed by atoms with Crippen molar-refractivity contribution >= 4 is 83.0 Å². The molecule has 4 nitrogen and oxygen atoms in total. The molecule has 6 heterocycles. The summed E-state index contributed by atoms with van der Waals surface area (Å²) in [4.78, 5) is 7.21. The fourth-order valence-electron chi connectivity index (χ4n) is 5.79. The van der Waals surface area contributed by atoms with E-state index in [0.29, 0.717) is 0 Å². The fraction of sp³-hybridized carbons (Fsp3) is 0. The molecular formula is C31H17N3OS2. The lowest BCUT2D eigenvalue weighted by atomic mass is 10.1. The van der Waals surface area contributed by atoms with Crippen molar-refractivity contribution in [3.63, 3.8) is 0 Å². The molecule has 0 fully saturated rings. The van der Waals surface area contributed by atoms with Gasteiger partial charge in [-0.25, -0.2) is 4.98 Å². The molecule has 9 aromatic rings. The molecule has 0 aliphatic carbocycles. The third-order valence-corrected chi connectivity index (χ3v) is 9.56. The van der Waals surface area contributed by atoms with Crippen molar-refractivity contribution in [3.05, 3.63) is 103 Å². The molecule has 3 aromatic carbocycles. The molecule has 0 unspecified atom stereocenters. The smallest absolute Gasteiger partial charge is 0.214 e. The van der Waals surface area contributed by atoms with Crippen LogP contribution in [0.3, 0.4) is 0 Å². The summed E-state index contributed by atoms with van der Waals surface area (Å²) in [5.41, 5.74) is 5.14. The first-order valence-corrected chi connectivity index (χ1v) is 13.8. The molecule has 0 radical (unpaired) electrons. The van der Waals surface area contributed by atoms with Crippen LogP contribution < -0.4 is 0 Å². The number of furan rings is 1. The Labute approximate surface area is 218 Å². The molecule has 0 aliphatic rings. The van der Waals surface area contributed by atoms with Gasteiger partial charge in [0.25, 0.3) is 0 Å². The average Bonchev–Trinajstić information content (AvgIpc) is 3.75. The third-order valence-electron chi connectivity index (χ3n) is 7.33. The highest BCUT2D eigenvalue weighted by Crippen LogP contribution is 2.47. The summed E-state index contributed by atoms with van der Waals surface area (Å²) >= 11 is 3.62. The number of para-hydroxylation sites is 3. The zero-order valence-electron chi connectivity index (χ0n) is 19.4. The standard InChI is InChI=1S/C31H17N3OS2/c1-4-10-22-18(7-1)19-8-2-5-11-23(19)34(22)26-14-13-25(37-26)29-27-21(17-36-29)30-32-15-16-33(30)31-28(27)20-9-3-6-12-24(20)35-31/h1-17H. The Morgan fingerprint density at radius 2 is 1.43 bits per heavy atom. The SMILES string of the molecule is c1ccc2c(c1)oc1c2c2c(-c3ccc(-n4c5ccccc5c5ccccc54)s3)scc2c2nccn21. The van der Waals surface area contributed by atoms with Crippen LogP contribution in [0.1, 0.15) is 0 Å². The largest absolute Gasteiger partial charge is 0.439 e. The van der Waals surface area contributed by atoms with E-state index in [9.17, 15) is 0 Å². The van der Waals surface area contributed by atoms with Crippen molar-refractivity contribution in [1.29, 1.82) is 0 Å². The Hall–Kier alpha value is -4.39. The van der Waals surface area contributed by atoms with Crippen LogP contribution in [0.5, 0.6) is 0 Å². The van der Waals surface area contributed by atoms with Gasteiger partial charge in [-0.3, -0.25) is 4.40 Å². The normalized spacial score (nSPS) is 12.3. The van der Waals surface area contributed by atoms with Crippen LogP contribution in [-0.2, 0) is 0 Å². The molecule has 0 saturated carbocycles. The monoisotopic (exact) mass is 511 g/mol. The lowest BCUT2D eigenvalue weighted by Gasteiger charge is -2.04. The number of imidazole rings is 1. The van der Waals surface area contributed by atoms with Crippen molar-refractivity contribution < 1.29 is 4.42 Å². The topological polar surface area (TPSA) is 35.4 Å². The molecule has 0 atom stereocenters. The minimum absolute atomic E-state index is 0.847. The van der Waals surface area contributed by atoms with E-state index in [0.717, 1.165) is 33.1 Å². The maximum absolute atomic E-state index is 6.38. The van der Waals surface area contributed by atoms with Crippen molar-refractivity contribution in [1.82, 2.24) is 14.0 Å². The highest BCUT2D eigenvalue weighted by atomic mass is 32.1. The Morgan fingerprint density at radius 3 is 2.24 bits per heavy atom. The third kappa shape index (κ3) is 2.53. The maximum atomic E-state index is 6.38. The summed E-state index contributed by atoms with van der Waals surface area (Å²) < 4.78 is 10.8. The van der Waals surface area contributed by atoms with Crippen LogP contribution in [0.4, 0.5) is 0 Å². The maximum Gasteiger partial charge on any atom is 0.214 e. The van der Waals surface area contributed by atoms with Crippen molar-refractivity contribution in [2.24, 2.45) is 0 Å². The molecule has 0 saturated heterocycles. The van der Waals surface area contributed by atoms with E-state index in [1.807, 2.05) is 35.9 Å². The number of fused-ring (bicyclic) bond motifs is 11. The Bertz CT molecular complexity index is 2270. The molecule has 0 spiro atoms. The highest BCUT2D eigenvalue weighted by Gasteiger charge is 2.22. The van der Waals surface area contributed by atoms with Gasteiger partial charge in [0.1, 0.15) is 16.2 Å². The zero-order chi connectivity index (χ0) is 24.1. The molecule has 0 N–H and O–H groups in total. The summed E-state index contributed by atoms with van der Waals surface area (Å²) in [7, 11) is 0. The van der Waals surface area contributed by atoms with Gasteiger partial charge in [0.2, 0.25) is 5.71 Å². The number of hydrogen-bond acceptors (Lipinski definition) is 4. The van der Waals surface area contributed by atoms with Crippen molar-refractivity contribution in [2.75, 3.05) is 0 Å². The number of aromatic nitrogens is 3. The minimum Gasteiger partial charge on any atom is -0.439 e. The predicted octanol–water partition coefficient (Wildman–Crippen LogP) is 9.27. The van der Waals surface area contributed by atoms with Gasteiger partial charge in [-0.15, -0.1) is 22.7 Å². The Balaban J connectivity index is 1.36. The van der Waals surface area contributed by atoms with Crippen LogP contribution in [0.15, 0.2) is 107 Å². The number of benzene rings is 3. The van der Waals surface area contributed by atoms with Crippen LogP contribution in [0.25, 0.3) is 75.0 Å². The molecular weight excluding hydrogens is 494 g/mol. The summed E-state index contributed by atoms with van der Waals surface area (Å²) in [6.07, 6.45) is 3.84. The van der Waals surface area contributed by atoms with E-state index in [1.165, 1.54) is 41.9 Å². The van der Waals surface area contributed by atoms with Crippen molar-refractivity contribution in [3.8, 4) is 14.8 Å². The zero-order valence-corrected chi connectivity index (χ0v) is 21.0. The van der Waals surface area contributed by atoms with Crippen LogP contribution in [0, 0.1) is 0 Å². The van der Waals surface area contributed by atoms with Crippen molar-refractivity contribution in [2.45, 2.75) is 0 Å². The number of pyridine rings is 1. The minimum atomic E-state index is 0.847. The number of hydrogen-bond donors (Lipinski definition) is 0. The highest BCUT2D eigenvalue weighted by molar-refractivity contribution is 7.23. The van der Waals surface area contributed by atoms with Gasteiger partial charge in [-0.2, -0.15) is 0 Å². The molecule has 9 rings (SSSR count). The first-order chi connectivity index (χ1) is 18.4. The Kier molecular flexibility index (Phi) is 3.79. The van der Waals surface area contributed by atoms with E-state index in [1.54, 1.807) is 11.3 Å². The van der Waals surface area contributed by atoms with E-state index < -0.39 is 0 Å². The van der Waals surface area contributed by atoms with E-state index >= 15 is 0 Å². The lowest BCUT2D eigenvalue weighted by Crippen LogP contribution is -1.89. The summed E-state index contributed by atoms with van der Waals surface area (Å²) in [6, 6.07) is 30.2. The molecule has 174 valence electrons. The van der Waals surface area contributed by atoms with E-state index in [4.69, 9.17) is 9.40 Å². The molecule has 6 heteroatoms. The number of rotatable bonds is 2. The first-order valence-electron chi connectivity index (χ1n) is 12.1. The van der Waals surface area contributed by atoms with Gasteiger partial charge in [-0.1, -0.05) is 54.6 Å². The summed E-state index contributed by atoms with van der Waals surface area (Å²) in [5.74, 6) is 0. The van der Waals surface area contributed by atoms with Gasteiger partial charge in [0.15, 0.2) is 0 Å². The van der Waals surface area contributed by atoms with Crippen LogP contribution in [0.2, 0.25) is 0 Å². The van der Waals surface area contributed by atoms with Gasteiger partial charge in [0.05, 0.1) is 21.3 Å². The van der Waals surface area contributed by atoms with E-state index in [-0.39, 0.29) is 0 Å². The van der Waals surface area contributed by atoms with Gasteiger partial charge in [0, 0.05) is 49.6 Å². The average molecular weight is 512 g/mol. The molecule has 6 aromatic heterocycles. The molecule has 0 aliphatic heterocycles. The number of thiophene rings is 2. The summed E-state index contributed by atoms with van der Waals surface area (Å²) in [5, 5.41) is 10.7. The van der Waals surface area contributed by atoms with Gasteiger partial charge < -0.3 is 8.98 Å².